The van der Waals surface area contributed by atoms with Gasteiger partial charge in [-0.25, -0.2) is 8.42 Å². The van der Waals surface area contributed by atoms with E-state index in [0.29, 0.717) is 30.4 Å². The molecule has 0 atom stereocenters. The Labute approximate surface area is 129 Å². The molecule has 0 saturated heterocycles. The molecule has 0 fully saturated rings. The molecule has 0 bridgehead atoms. The van der Waals surface area contributed by atoms with Crippen LogP contribution in [0.15, 0.2) is 23.1 Å². The fraction of sp³-hybridized carbons (Fsp3) is 0.625. The highest BCUT2D eigenvalue weighted by Gasteiger charge is 2.26. The predicted molar refractivity (Wildman–Crippen MR) is 87.6 cm³/mol. The van der Waals surface area contributed by atoms with E-state index in [2.05, 4.69) is 13.8 Å². The minimum Gasteiger partial charge on any atom is -0.326 e. The lowest BCUT2D eigenvalue weighted by atomic mass is 10.0. The van der Waals surface area contributed by atoms with Crippen LogP contribution >= 0.6 is 0 Å². The van der Waals surface area contributed by atoms with E-state index >= 15 is 0 Å². The van der Waals surface area contributed by atoms with Gasteiger partial charge in [-0.3, -0.25) is 0 Å². The van der Waals surface area contributed by atoms with Crippen molar-refractivity contribution in [3.05, 3.63) is 29.3 Å². The number of aryl methyl sites for hydroxylation is 1. The zero-order chi connectivity index (χ0) is 16.0. The van der Waals surface area contributed by atoms with Crippen molar-refractivity contribution in [3.63, 3.8) is 0 Å². The summed E-state index contributed by atoms with van der Waals surface area (Å²) in [6, 6.07) is 5.42. The van der Waals surface area contributed by atoms with Gasteiger partial charge in [-0.15, -0.1) is 0 Å². The lowest BCUT2D eigenvalue weighted by Crippen LogP contribution is -2.35. The molecule has 1 rings (SSSR count). The average Bonchev–Trinajstić information content (AvgIpc) is 2.48. The molecule has 2 N–H and O–H groups in total. The third-order valence-electron chi connectivity index (χ3n) is 4.08. The Balaban J connectivity index is 3.18. The zero-order valence-electron chi connectivity index (χ0n) is 13.6. The van der Waals surface area contributed by atoms with Crippen LogP contribution in [-0.4, -0.2) is 25.8 Å². The van der Waals surface area contributed by atoms with Crippen LogP contribution in [0, 0.1) is 12.8 Å². The molecule has 0 unspecified atom stereocenters. The van der Waals surface area contributed by atoms with Crippen molar-refractivity contribution in [1.29, 1.82) is 0 Å². The summed E-state index contributed by atoms with van der Waals surface area (Å²) >= 11 is 0. The first-order chi connectivity index (χ1) is 9.90. The van der Waals surface area contributed by atoms with Gasteiger partial charge in [0.1, 0.15) is 0 Å². The van der Waals surface area contributed by atoms with Gasteiger partial charge in [0.25, 0.3) is 0 Å². The van der Waals surface area contributed by atoms with Gasteiger partial charge in [0, 0.05) is 19.6 Å². The number of nitrogens with two attached hydrogens (primary N) is 1. The summed E-state index contributed by atoms with van der Waals surface area (Å²) in [4.78, 5) is 0.387. The Morgan fingerprint density at radius 3 is 2.29 bits per heavy atom. The highest BCUT2D eigenvalue weighted by molar-refractivity contribution is 7.89. The third-order valence-corrected chi connectivity index (χ3v) is 6.16. The van der Waals surface area contributed by atoms with E-state index in [0.717, 1.165) is 24.0 Å². The number of sulfonamides is 1. The molecule has 0 aromatic heterocycles. The summed E-state index contributed by atoms with van der Waals surface area (Å²) in [5, 5.41) is 0. The molecule has 0 aliphatic carbocycles. The second-order valence-corrected chi connectivity index (χ2v) is 7.35. The van der Waals surface area contributed by atoms with Crippen LogP contribution < -0.4 is 5.73 Å². The third kappa shape index (κ3) is 4.28. The summed E-state index contributed by atoms with van der Waals surface area (Å²) in [6.45, 7) is 9.36. The Kier molecular flexibility index (Phi) is 6.84. The normalized spacial score (nSPS) is 12.3. The van der Waals surface area contributed by atoms with E-state index in [1.807, 2.05) is 26.0 Å². The largest absolute Gasteiger partial charge is 0.326 e. The first-order valence-electron chi connectivity index (χ1n) is 7.70. The van der Waals surface area contributed by atoms with Crippen molar-refractivity contribution < 1.29 is 8.42 Å². The second kappa shape index (κ2) is 7.92. The molecule has 120 valence electrons. The highest BCUT2D eigenvalue weighted by Crippen LogP contribution is 2.23. The van der Waals surface area contributed by atoms with E-state index in [4.69, 9.17) is 5.73 Å². The first-order valence-corrected chi connectivity index (χ1v) is 9.14. The standard InChI is InChI=1S/C16H28N2O2S/c1-5-14(6-2)12-18(7-3)21(19,20)16-10-15(11-17)9-8-13(16)4/h8-10,14H,5-7,11-12,17H2,1-4H3. The van der Waals surface area contributed by atoms with E-state index in [-0.39, 0.29) is 0 Å². The fourth-order valence-electron chi connectivity index (χ4n) is 2.42. The second-order valence-electron chi connectivity index (χ2n) is 5.44. The van der Waals surface area contributed by atoms with Gasteiger partial charge >= 0.3 is 0 Å². The lowest BCUT2D eigenvalue weighted by Gasteiger charge is -2.25. The van der Waals surface area contributed by atoms with Gasteiger partial charge in [0.05, 0.1) is 4.90 Å². The number of rotatable bonds is 8. The highest BCUT2D eigenvalue weighted by atomic mass is 32.2. The summed E-state index contributed by atoms with van der Waals surface area (Å²) in [6.07, 6.45) is 1.98. The molecule has 0 radical (unpaired) electrons. The number of nitrogens with zero attached hydrogens (tertiary/aromatic N) is 1. The van der Waals surface area contributed by atoms with Crippen LogP contribution in [0.2, 0.25) is 0 Å². The smallest absolute Gasteiger partial charge is 0.243 e. The molecule has 4 nitrogen and oxygen atoms in total. The summed E-state index contributed by atoms with van der Waals surface area (Å²) in [5.74, 6) is 0.401. The Hall–Kier alpha value is -0.910. The van der Waals surface area contributed by atoms with Crippen LogP contribution in [0.5, 0.6) is 0 Å². The molecule has 21 heavy (non-hydrogen) atoms. The van der Waals surface area contributed by atoms with Crippen LogP contribution in [-0.2, 0) is 16.6 Å². The quantitative estimate of drug-likeness (QED) is 0.803. The van der Waals surface area contributed by atoms with Gasteiger partial charge in [-0.1, -0.05) is 45.7 Å². The molecule has 0 heterocycles. The van der Waals surface area contributed by atoms with Crippen molar-refractivity contribution >= 4 is 10.0 Å². The molecule has 0 amide bonds. The Morgan fingerprint density at radius 1 is 1.19 bits per heavy atom. The van der Waals surface area contributed by atoms with Gasteiger partial charge < -0.3 is 5.73 Å². The van der Waals surface area contributed by atoms with Crippen LogP contribution in [0.25, 0.3) is 0 Å². The van der Waals surface area contributed by atoms with Crippen LogP contribution in [0.3, 0.4) is 0 Å². The SMILES string of the molecule is CCC(CC)CN(CC)S(=O)(=O)c1cc(CN)ccc1C. The van der Waals surface area contributed by atoms with Crippen molar-refractivity contribution in [1.82, 2.24) is 4.31 Å². The average molecular weight is 312 g/mol. The van der Waals surface area contributed by atoms with E-state index < -0.39 is 10.0 Å². The summed E-state index contributed by atoms with van der Waals surface area (Å²) in [5.41, 5.74) is 7.25. The van der Waals surface area contributed by atoms with Crippen molar-refractivity contribution in [3.8, 4) is 0 Å². The molecule has 1 aromatic carbocycles. The Morgan fingerprint density at radius 2 is 1.81 bits per heavy atom. The number of benzene rings is 1. The van der Waals surface area contributed by atoms with E-state index in [1.165, 1.54) is 0 Å². The lowest BCUT2D eigenvalue weighted by molar-refractivity contribution is 0.339. The predicted octanol–water partition coefficient (Wildman–Crippen LogP) is 2.90. The van der Waals surface area contributed by atoms with Crippen LogP contribution in [0.1, 0.15) is 44.7 Å². The molecule has 0 aliphatic heterocycles. The van der Waals surface area contributed by atoms with E-state index in [9.17, 15) is 8.42 Å². The molecule has 5 heteroatoms. The monoisotopic (exact) mass is 312 g/mol. The molecular weight excluding hydrogens is 284 g/mol. The van der Waals surface area contributed by atoms with Gasteiger partial charge in [0.15, 0.2) is 0 Å². The topological polar surface area (TPSA) is 63.4 Å². The summed E-state index contributed by atoms with van der Waals surface area (Å²) < 4.78 is 27.4. The van der Waals surface area contributed by atoms with Gasteiger partial charge in [-0.05, 0) is 30.0 Å². The minimum atomic E-state index is -3.45. The van der Waals surface area contributed by atoms with Crippen molar-refractivity contribution in [2.45, 2.75) is 52.0 Å². The first kappa shape index (κ1) is 18.1. The molecule has 0 aliphatic rings. The van der Waals surface area contributed by atoms with Crippen molar-refractivity contribution in [2.75, 3.05) is 13.1 Å². The maximum atomic E-state index is 12.9. The minimum absolute atomic E-state index is 0.349. The fourth-order valence-corrected chi connectivity index (χ4v) is 4.22. The molecule has 1 aromatic rings. The maximum Gasteiger partial charge on any atom is 0.243 e. The number of hydrogen-bond acceptors (Lipinski definition) is 3. The molecular formula is C16H28N2O2S. The molecule has 0 spiro atoms. The Bertz CT molecular complexity index is 551. The van der Waals surface area contributed by atoms with Gasteiger partial charge in [-0.2, -0.15) is 4.31 Å². The van der Waals surface area contributed by atoms with E-state index in [1.54, 1.807) is 10.4 Å². The van der Waals surface area contributed by atoms with Crippen LogP contribution in [0.4, 0.5) is 0 Å². The number of hydrogen-bond donors (Lipinski definition) is 1. The zero-order valence-corrected chi connectivity index (χ0v) is 14.4. The van der Waals surface area contributed by atoms with Gasteiger partial charge in [0.2, 0.25) is 10.0 Å². The molecule has 0 saturated carbocycles. The maximum absolute atomic E-state index is 12.9. The van der Waals surface area contributed by atoms with Crippen molar-refractivity contribution in [2.24, 2.45) is 11.7 Å². The summed E-state index contributed by atoms with van der Waals surface area (Å²) in [7, 11) is -3.45.